The average Bonchev–Trinajstić information content (AvgIpc) is 3.04. The zero-order chi connectivity index (χ0) is 25.9. The fraction of sp³-hybridized carbons (Fsp3) is 0.769. The molecule has 1 fully saturated rings. The number of allylic oxidation sites excluding steroid dienone is 1. The molecule has 7 heteroatoms. The molecule has 2 rings (SSSR count). The first-order valence-electron chi connectivity index (χ1n) is 12.2. The highest BCUT2D eigenvalue weighted by Gasteiger charge is 2.22. The number of aryl methyl sites for hydroxylation is 1. The molecule has 0 bridgehead atoms. The van der Waals surface area contributed by atoms with Gasteiger partial charge in [-0.25, -0.2) is 0 Å². The van der Waals surface area contributed by atoms with Crippen LogP contribution in [0.25, 0.3) is 6.08 Å². The molecular weight excluding hydrogens is 427 g/mol. The Morgan fingerprint density at radius 2 is 1.61 bits per heavy atom. The molecule has 1 aromatic heterocycles. The maximum absolute atomic E-state index is 10.8. The maximum atomic E-state index is 10.8. The van der Waals surface area contributed by atoms with Gasteiger partial charge in [0.2, 0.25) is 0 Å². The van der Waals surface area contributed by atoms with Crippen LogP contribution in [-0.2, 0) is 0 Å². The van der Waals surface area contributed by atoms with E-state index in [1.54, 1.807) is 12.4 Å². The molecule has 4 nitrogen and oxygen atoms in total. The third-order valence-corrected chi connectivity index (χ3v) is 5.24. The molecular formula is C26H48F3N3O. The van der Waals surface area contributed by atoms with Gasteiger partial charge in [-0.1, -0.05) is 72.8 Å². The Hall–Kier alpha value is -1.47. The van der Waals surface area contributed by atoms with Crippen molar-refractivity contribution >= 4 is 6.08 Å². The first-order chi connectivity index (χ1) is 15.3. The van der Waals surface area contributed by atoms with Crippen molar-refractivity contribution < 1.29 is 18.3 Å². The van der Waals surface area contributed by atoms with E-state index in [-0.39, 0.29) is 5.41 Å². The zero-order valence-electron chi connectivity index (χ0n) is 22.1. The minimum Gasteiger partial charge on any atom is -0.395 e. The highest BCUT2D eigenvalue weighted by Crippen LogP contribution is 2.26. The third kappa shape index (κ3) is 20.8. The topological polar surface area (TPSA) is 58.0 Å². The summed E-state index contributed by atoms with van der Waals surface area (Å²) in [6, 6.07) is 0.382. The Labute approximate surface area is 200 Å². The van der Waals surface area contributed by atoms with E-state index in [2.05, 4.69) is 62.9 Å². The van der Waals surface area contributed by atoms with Crippen molar-refractivity contribution in [1.29, 1.82) is 0 Å². The van der Waals surface area contributed by atoms with Gasteiger partial charge in [-0.2, -0.15) is 13.2 Å². The van der Waals surface area contributed by atoms with Crippen molar-refractivity contribution in [1.82, 2.24) is 15.3 Å². The Morgan fingerprint density at radius 1 is 1.06 bits per heavy atom. The number of unbranched alkanes of at least 4 members (excludes halogenated alkanes) is 1. The summed E-state index contributed by atoms with van der Waals surface area (Å²) >= 11 is 0. The molecule has 33 heavy (non-hydrogen) atoms. The minimum absolute atomic E-state index is 0.198. The molecule has 0 saturated carbocycles. The molecule has 2 N–H and O–H groups in total. The Morgan fingerprint density at radius 3 is 2.03 bits per heavy atom. The second-order valence-electron chi connectivity index (χ2n) is 9.26. The standard InChI is InChI=1S/C12H18N2.C7H15NO.C4H10.C3H5F3/c1-9(12(3,4)5)8-11-10(2)13-6-7-14-11;9-6-7-4-2-1-3-5-8-7;1-3-4-2;1-2-3(4,5)6/h6-8H,1-5H3;7-9H,1-6H2;3-4H2,1-2H3;2H2,1H3/b9-8+;;;. The van der Waals surface area contributed by atoms with Crippen LogP contribution in [-0.4, -0.2) is 40.4 Å². The number of halogens is 3. The van der Waals surface area contributed by atoms with E-state index in [9.17, 15) is 13.2 Å². The monoisotopic (exact) mass is 475 g/mol. The summed E-state index contributed by atoms with van der Waals surface area (Å²) in [5.41, 5.74) is 3.47. The number of hydrogen-bond acceptors (Lipinski definition) is 4. The van der Waals surface area contributed by atoms with E-state index < -0.39 is 12.6 Å². The van der Waals surface area contributed by atoms with Crippen LogP contribution in [0.5, 0.6) is 0 Å². The highest BCUT2D eigenvalue weighted by molar-refractivity contribution is 5.51. The molecule has 0 radical (unpaired) electrons. The van der Waals surface area contributed by atoms with Gasteiger partial charge in [-0.15, -0.1) is 0 Å². The van der Waals surface area contributed by atoms with E-state index in [0.29, 0.717) is 12.6 Å². The molecule has 2 heterocycles. The highest BCUT2D eigenvalue weighted by atomic mass is 19.4. The smallest absolute Gasteiger partial charge is 0.388 e. The summed E-state index contributed by atoms with van der Waals surface area (Å²) in [7, 11) is 0. The van der Waals surface area contributed by atoms with Crippen LogP contribution in [0.1, 0.15) is 105 Å². The van der Waals surface area contributed by atoms with Crippen molar-refractivity contribution in [2.75, 3.05) is 13.2 Å². The van der Waals surface area contributed by atoms with E-state index in [0.717, 1.165) is 31.3 Å². The average molecular weight is 476 g/mol. The summed E-state index contributed by atoms with van der Waals surface area (Å²) in [6.07, 6.45) is 8.54. The molecule has 1 aromatic rings. The van der Waals surface area contributed by atoms with Crippen LogP contribution in [0, 0.1) is 12.3 Å². The van der Waals surface area contributed by atoms with E-state index >= 15 is 0 Å². The van der Waals surface area contributed by atoms with Crippen LogP contribution in [0.3, 0.4) is 0 Å². The van der Waals surface area contributed by atoms with E-state index in [4.69, 9.17) is 5.11 Å². The maximum Gasteiger partial charge on any atom is 0.388 e. The first kappa shape index (κ1) is 33.7. The lowest BCUT2D eigenvalue weighted by Gasteiger charge is -2.19. The van der Waals surface area contributed by atoms with Gasteiger partial charge in [0.1, 0.15) is 0 Å². The van der Waals surface area contributed by atoms with Crippen LogP contribution < -0.4 is 5.32 Å². The van der Waals surface area contributed by atoms with Crippen LogP contribution >= 0.6 is 0 Å². The molecule has 1 aliphatic heterocycles. The predicted molar refractivity (Wildman–Crippen MR) is 134 cm³/mol. The summed E-state index contributed by atoms with van der Waals surface area (Å²) in [4.78, 5) is 8.50. The van der Waals surface area contributed by atoms with E-state index in [1.165, 1.54) is 37.7 Å². The largest absolute Gasteiger partial charge is 0.395 e. The normalized spacial score (nSPS) is 16.7. The van der Waals surface area contributed by atoms with Crippen molar-refractivity contribution in [3.8, 4) is 0 Å². The summed E-state index contributed by atoms with van der Waals surface area (Å²) in [5, 5.41) is 12.0. The fourth-order valence-corrected chi connectivity index (χ4v) is 2.24. The summed E-state index contributed by atoms with van der Waals surface area (Å²) < 4.78 is 32.4. The molecule has 1 aliphatic rings. The Kier molecular flexibility index (Phi) is 19.3. The molecule has 1 saturated heterocycles. The molecule has 0 amide bonds. The Bertz CT molecular complexity index is 616. The number of hydrogen-bond donors (Lipinski definition) is 2. The number of nitrogens with one attached hydrogen (secondary N) is 1. The zero-order valence-corrected chi connectivity index (χ0v) is 22.1. The number of aromatic nitrogens is 2. The van der Waals surface area contributed by atoms with Crippen LogP contribution in [0.15, 0.2) is 18.0 Å². The molecule has 0 aliphatic carbocycles. The van der Waals surface area contributed by atoms with E-state index in [1.807, 2.05) is 6.92 Å². The van der Waals surface area contributed by atoms with Gasteiger partial charge >= 0.3 is 6.18 Å². The number of alkyl halides is 3. The van der Waals surface area contributed by atoms with Gasteiger partial charge in [0.05, 0.1) is 18.0 Å². The third-order valence-electron chi connectivity index (χ3n) is 5.24. The second-order valence-corrected chi connectivity index (χ2v) is 9.26. The van der Waals surface area contributed by atoms with Gasteiger partial charge in [0.15, 0.2) is 0 Å². The van der Waals surface area contributed by atoms with Crippen molar-refractivity contribution in [2.45, 2.75) is 113 Å². The lowest BCUT2D eigenvalue weighted by atomic mass is 9.87. The molecule has 0 spiro atoms. The molecule has 1 atom stereocenters. The van der Waals surface area contributed by atoms with Crippen molar-refractivity contribution in [3.63, 3.8) is 0 Å². The van der Waals surface area contributed by atoms with Gasteiger partial charge in [-0.05, 0) is 44.7 Å². The second kappa shape index (κ2) is 18.9. The molecule has 0 aromatic carbocycles. The quantitative estimate of drug-likeness (QED) is 0.475. The number of nitrogens with zero attached hydrogens (tertiary/aromatic N) is 2. The Balaban J connectivity index is 0. The van der Waals surface area contributed by atoms with Gasteiger partial charge in [-0.3, -0.25) is 9.97 Å². The number of aliphatic hydroxyl groups is 1. The van der Waals surface area contributed by atoms with Crippen molar-refractivity contribution in [3.05, 3.63) is 29.4 Å². The number of rotatable bonds is 3. The van der Waals surface area contributed by atoms with Crippen LogP contribution in [0.4, 0.5) is 13.2 Å². The summed E-state index contributed by atoms with van der Waals surface area (Å²) in [5.74, 6) is 0. The molecule has 1 unspecified atom stereocenters. The molecule has 194 valence electrons. The van der Waals surface area contributed by atoms with Crippen LogP contribution in [0.2, 0.25) is 0 Å². The minimum atomic E-state index is -3.96. The van der Waals surface area contributed by atoms with Gasteiger partial charge in [0, 0.05) is 24.9 Å². The van der Waals surface area contributed by atoms with Gasteiger partial charge in [0.25, 0.3) is 0 Å². The predicted octanol–water partition coefficient (Wildman–Crippen LogP) is 7.51. The lowest BCUT2D eigenvalue weighted by Crippen LogP contribution is -2.31. The fourth-order valence-electron chi connectivity index (χ4n) is 2.24. The first-order valence-corrected chi connectivity index (χ1v) is 12.2. The van der Waals surface area contributed by atoms with Crippen molar-refractivity contribution in [2.24, 2.45) is 5.41 Å². The lowest BCUT2D eigenvalue weighted by molar-refractivity contribution is -0.130. The number of aliphatic hydroxyl groups excluding tert-OH is 1. The summed E-state index contributed by atoms with van der Waals surface area (Å²) in [6.45, 7) is 17.5. The van der Waals surface area contributed by atoms with Gasteiger partial charge < -0.3 is 10.4 Å². The SMILES string of the molecule is C/C(=C\c1nccnc1C)C(C)(C)C.CCC(F)(F)F.CCCC.OCC1CCCCCN1.